The molecular weight excluding hydrogens is 124 g/mol. The summed E-state index contributed by atoms with van der Waals surface area (Å²) in [5, 5.41) is 3.46. The van der Waals surface area contributed by atoms with Crippen molar-refractivity contribution in [3.05, 3.63) is 0 Å². The zero-order valence-electron chi connectivity index (χ0n) is 6.64. The van der Waals surface area contributed by atoms with E-state index in [-0.39, 0.29) is 0 Å². The summed E-state index contributed by atoms with van der Waals surface area (Å²) in [6.45, 7) is 5.16. The SMILES string of the molecule is CN1CC[C@@H]2CNC[C@@H]2C1. The molecule has 0 saturated carbocycles. The molecule has 2 aliphatic heterocycles. The van der Waals surface area contributed by atoms with E-state index in [0.717, 1.165) is 11.8 Å². The first-order chi connectivity index (χ1) is 4.86. The third-order valence-corrected chi connectivity index (χ3v) is 2.91. The molecule has 2 nitrogen and oxygen atoms in total. The van der Waals surface area contributed by atoms with E-state index in [2.05, 4.69) is 17.3 Å². The van der Waals surface area contributed by atoms with Crippen LogP contribution in [-0.4, -0.2) is 38.1 Å². The first-order valence-electron chi connectivity index (χ1n) is 4.25. The predicted molar refractivity (Wildman–Crippen MR) is 42.0 cm³/mol. The van der Waals surface area contributed by atoms with Crippen molar-refractivity contribution in [3.8, 4) is 0 Å². The van der Waals surface area contributed by atoms with E-state index in [1.165, 1.54) is 32.6 Å². The molecule has 0 unspecified atom stereocenters. The molecule has 0 radical (unpaired) electrons. The number of likely N-dealkylation sites (tertiary alicyclic amines) is 1. The topological polar surface area (TPSA) is 15.3 Å². The molecule has 0 aromatic carbocycles. The minimum Gasteiger partial charge on any atom is -0.316 e. The highest BCUT2D eigenvalue weighted by Gasteiger charge is 2.30. The largest absolute Gasteiger partial charge is 0.316 e. The smallest absolute Gasteiger partial charge is 0.00219 e. The van der Waals surface area contributed by atoms with Gasteiger partial charge in [-0.05, 0) is 44.9 Å². The lowest BCUT2D eigenvalue weighted by Gasteiger charge is -2.31. The number of hydrogen-bond acceptors (Lipinski definition) is 2. The highest BCUT2D eigenvalue weighted by Crippen LogP contribution is 2.25. The molecule has 2 fully saturated rings. The Labute approximate surface area is 62.6 Å². The van der Waals surface area contributed by atoms with Crippen LogP contribution >= 0.6 is 0 Å². The molecule has 0 aromatic rings. The fraction of sp³-hybridized carbons (Fsp3) is 1.00. The van der Waals surface area contributed by atoms with Crippen LogP contribution in [0.1, 0.15) is 6.42 Å². The predicted octanol–water partition coefficient (Wildman–Crippen LogP) is 0.158. The number of fused-ring (bicyclic) bond motifs is 1. The summed E-state index contributed by atoms with van der Waals surface area (Å²) in [5.74, 6) is 1.95. The van der Waals surface area contributed by atoms with Gasteiger partial charge in [-0.25, -0.2) is 0 Å². The summed E-state index contributed by atoms with van der Waals surface area (Å²) in [6.07, 6.45) is 1.41. The average Bonchev–Trinajstić information content (AvgIpc) is 2.33. The molecule has 0 spiro atoms. The van der Waals surface area contributed by atoms with Gasteiger partial charge in [-0.15, -0.1) is 0 Å². The molecule has 0 aromatic heterocycles. The second kappa shape index (κ2) is 2.51. The summed E-state index contributed by atoms with van der Waals surface area (Å²) >= 11 is 0. The van der Waals surface area contributed by atoms with Crippen molar-refractivity contribution in [2.75, 3.05) is 33.2 Å². The van der Waals surface area contributed by atoms with Gasteiger partial charge in [0, 0.05) is 6.54 Å². The van der Waals surface area contributed by atoms with Crippen molar-refractivity contribution >= 4 is 0 Å². The molecule has 2 atom stereocenters. The Morgan fingerprint density at radius 2 is 2.10 bits per heavy atom. The normalized spacial score (nSPS) is 41.7. The van der Waals surface area contributed by atoms with Gasteiger partial charge >= 0.3 is 0 Å². The first kappa shape index (κ1) is 6.62. The molecule has 1 N–H and O–H groups in total. The zero-order chi connectivity index (χ0) is 6.97. The molecule has 2 heteroatoms. The lowest BCUT2D eigenvalue weighted by atomic mass is 9.89. The van der Waals surface area contributed by atoms with Gasteiger partial charge in [0.1, 0.15) is 0 Å². The Kier molecular flexibility index (Phi) is 1.66. The number of rotatable bonds is 0. The third kappa shape index (κ3) is 1.06. The van der Waals surface area contributed by atoms with Crippen LogP contribution in [0.3, 0.4) is 0 Å². The summed E-state index contributed by atoms with van der Waals surface area (Å²) in [5.41, 5.74) is 0. The van der Waals surface area contributed by atoms with Crippen molar-refractivity contribution < 1.29 is 0 Å². The van der Waals surface area contributed by atoms with Gasteiger partial charge in [0.15, 0.2) is 0 Å². The van der Waals surface area contributed by atoms with Crippen molar-refractivity contribution in [1.29, 1.82) is 0 Å². The van der Waals surface area contributed by atoms with Crippen LogP contribution < -0.4 is 5.32 Å². The summed E-state index contributed by atoms with van der Waals surface area (Å²) in [6, 6.07) is 0. The Balaban J connectivity index is 1.96. The molecule has 2 saturated heterocycles. The van der Waals surface area contributed by atoms with Crippen molar-refractivity contribution in [1.82, 2.24) is 10.2 Å². The van der Waals surface area contributed by atoms with Gasteiger partial charge in [0.2, 0.25) is 0 Å². The van der Waals surface area contributed by atoms with E-state index in [1.807, 2.05) is 0 Å². The quantitative estimate of drug-likeness (QED) is 0.515. The lowest BCUT2D eigenvalue weighted by Crippen LogP contribution is -2.37. The number of piperidine rings is 1. The summed E-state index contributed by atoms with van der Waals surface area (Å²) < 4.78 is 0. The first-order valence-corrected chi connectivity index (χ1v) is 4.25. The lowest BCUT2D eigenvalue weighted by molar-refractivity contribution is 0.178. The molecule has 0 amide bonds. The van der Waals surface area contributed by atoms with E-state index in [1.54, 1.807) is 0 Å². The maximum absolute atomic E-state index is 3.46. The molecule has 10 heavy (non-hydrogen) atoms. The summed E-state index contributed by atoms with van der Waals surface area (Å²) in [4.78, 5) is 2.45. The van der Waals surface area contributed by atoms with Gasteiger partial charge < -0.3 is 10.2 Å². The van der Waals surface area contributed by atoms with Crippen LogP contribution in [0.25, 0.3) is 0 Å². The highest BCUT2D eigenvalue weighted by atomic mass is 15.1. The second-order valence-corrected chi connectivity index (χ2v) is 3.73. The monoisotopic (exact) mass is 140 g/mol. The molecule has 58 valence electrons. The molecular formula is C8H16N2. The van der Waals surface area contributed by atoms with Crippen molar-refractivity contribution in [2.45, 2.75) is 6.42 Å². The van der Waals surface area contributed by atoms with Crippen molar-refractivity contribution in [3.63, 3.8) is 0 Å². The van der Waals surface area contributed by atoms with Gasteiger partial charge in [-0.1, -0.05) is 0 Å². The maximum Gasteiger partial charge on any atom is 0.00219 e. The van der Waals surface area contributed by atoms with Crippen LogP contribution in [0.2, 0.25) is 0 Å². The van der Waals surface area contributed by atoms with E-state index in [0.29, 0.717) is 0 Å². The van der Waals surface area contributed by atoms with E-state index in [9.17, 15) is 0 Å². The number of nitrogens with one attached hydrogen (secondary N) is 1. The van der Waals surface area contributed by atoms with Crippen molar-refractivity contribution in [2.24, 2.45) is 11.8 Å². The number of hydrogen-bond donors (Lipinski definition) is 1. The molecule has 2 heterocycles. The summed E-state index contributed by atoms with van der Waals surface area (Å²) in [7, 11) is 2.23. The van der Waals surface area contributed by atoms with Gasteiger partial charge in [0.05, 0.1) is 0 Å². The molecule has 2 aliphatic rings. The zero-order valence-corrected chi connectivity index (χ0v) is 6.64. The molecule has 0 bridgehead atoms. The fourth-order valence-corrected chi connectivity index (χ4v) is 2.22. The Morgan fingerprint density at radius 3 is 3.00 bits per heavy atom. The standard InChI is InChI=1S/C8H16N2/c1-10-3-2-7-4-9-5-8(7)6-10/h7-9H,2-6H2,1H3/t7-,8-/m1/s1. The van der Waals surface area contributed by atoms with Gasteiger partial charge in [-0.2, -0.15) is 0 Å². The minimum atomic E-state index is 0.957. The Morgan fingerprint density at radius 1 is 1.30 bits per heavy atom. The van der Waals surface area contributed by atoms with Crippen LogP contribution in [0.5, 0.6) is 0 Å². The third-order valence-electron chi connectivity index (χ3n) is 2.91. The highest BCUT2D eigenvalue weighted by molar-refractivity contribution is 4.86. The fourth-order valence-electron chi connectivity index (χ4n) is 2.22. The van der Waals surface area contributed by atoms with Crippen LogP contribution in [0.4, 0.5) is 0 Å². The second-order valence-electron chi connectivity index (χ2n) is 3.73. The number of nitrogens with zero attached hydrogens (tertiary/aromatic N) is 1. The van der Waals surface area contributed by atoms with Crippen LogP contribution in [0.15, 0.2) is 0 Å². The van der Waals surface area contributed by atoms with E-state index < -0.39 is 0 Å². The van der Waals surface area contributed by atoms with E-state index in [4.69, 9.17) is 0 Å². The van der Waals surface area contributed by atoms with E-state index >= 15 is 0 Å². The average molecular weight is 140 g/mol. The minimum absolute atomic E-state index is 0.957. The van der Waals surface area contributed by atoms with Gasteiger partial charge in [-0.3, -0.25) is 0 Å². The molecule has 2 rings (SSSR count). The Hall–Kier alpha value is -0.0800. The molecule has 0 aliphatic carbocycles. The maximum atomic E-state index is 3.46. The van der Waals surface area contributed by atoms with Crippen LogP contribution in [0, 0.1) is 11.8 Å². The van der Waals surface area contributed by atoms with Crippen LogP contribution in [-0.2, 0) is 0 Å². The van der Waals surface area contributed by atoms with Gasteiger partial charge in [0.25, 0.3) is 0 Å². The Bertz CT molecular complexity index is 124.